The third kappa shape index (κ3) is 5.52. The van der Waals surface area contributed by atoms with Gasteiger partial charge in [0.1, 0.15) is 5.82 Å². The largest absolute Gasteiger partial charge is 0.447 e. The molecule has 4 rings (SSSR count). The lowest BCUT2D eigenvalue weighted by Gasteiger charge is -2.41. The Kier molecular flexibility index (Phi) is 7.44. The van der Waals surface area contributed by atoms with Gasteiger partial charge < -0.3 is 14.4 Å². The van der Waals surface area contributed by atoms with E-state index < -0.39 is 34.0 Å². The lowest BCUT2D eigenvalue weighted by molar-refractivity contribution is -0.0308. The minimum Gasteiger partial charge on any atom is -0.447 e. The number of likely N-dealkylation sites (tertiary alicyclic amines) is 1. The molecule has 3 aliphatic rings. The van der Waals surface area contributed by atoms with Crippen molar-refractivity contribution in [1.29, 1.82) is 0 Å². The van der Waals surface area contributed by atoms with Crippen molar-refractivity contribution in [2.45, 2.75) is 89.0 Å². The lowest BCUT2D eigenvalue weighted by atomic mass is 9.86. The third-order valence-corrected chi connectivity index (χ3v) is 8.74. The first kappa shape index (κ1) is 25.2. The molecule has 1 aliphatic heterocycles. The first-order chi connectivity index (χ1) is 16.1. The first-order valence-corrected chi connectivity index (χ1v) is 13.9. The second-order valence-corrected chi connectivity index (χ2v) is 12.0. The predicted molar refractivity (Wildman–Crippen MR) is 123 cm³/mol. The topological polar surface area (TPSA) is 111 Å². The molecule has 0 radical (unpaired) electrons. The van der Waals surface area contributed by atoms with Gasteiger partial charge in [-0.05, 0) is 65.2 Å². The van der Waals surface area contributed by atoms with Crippen molar-refractivity contribution < 1.29 is 27.1 Å². The van der Waals surface area contributed by atoms with E-state index in [9.17, 15) is 17.6 Å². The number of aromatic nitrogens is 2. The fourth-order valence-corrected chi connectivity index (χ4v) is 6.30. The van der Waals surface area contributed by atoms with Gasteiger partial charge in [0.05, 0.1) is 43.0 Å². The van der Waals surface area contributed by atoms with Crippen LogP contribution >= 0.6 is 0 Å². The zero-order valence-electron chi connectivity index (χ0n) is 20.1. The molecule has 11 heteroatoms. The van der Waals surface area contributed by atoms with E-state index in [0.29, 0.717) is 31.1 Å². The van der Waals surface area contributed by atoms with Crippen LogP contribution in [0, 0.1) is 11.7 Å². The minimum absolute atomic E-state index is 0.00870. The van der Waals surface area contributed by atoms with Crippen LogP contribution in [0.1, 0.15) is 65.1 Å². The molecule has 0 spiro atoms. The summed E-state index contributed by atoms with van der Waals surface area (Å²) in [6.45, 7) is 5.92. The van der Waals surface area contributed by atoms with Crippen LogP contribution in [-0.2, 0) is 24.9 Å². The van der Waals surface area contributed by atoms with Crippen LogP contribution in [0.3, 0.4) is 0 Å². The van der Waals surface area contributed by atoms with Crippen molar-refractivity contribution in [2.24, 2.45) is 5.92 Å². The summed E-state index contributed by atoms with van der Waals surface area (Å²) in [5, 5.41) is 0. The Balaban J connectivity index is 1.40. The van der Waals surface area contributed by atoms with Crippen LogP contribution in [0.25, 0.3) is 0 Å². The number of piperidine rings is 1. The molecule has 1 aromatic rings. The number of nitrogens with zero attached hydrogens (tertiary/aromatic N) is 3. The van der Waals surface area contributed by atoms with E-state index in [1.807, 2.05) is 0 Å². The van der Waals surface area contributed by atoms with Gasteiger partial charge in [-0.25, -0.2) is 32.3 Å². The van der Waals surface area contributed by atoms with Crippen LogP contribution in [0.4, 0.5) is 9.18 Å². The van der Waals surface area contributed by atoms with E-state index in [2.05, 4.69) is 14.7 Å². The number of ether oxygens (including phenoxy) is 2. The molecule has 5 atom stereocenters. The molecule has 2 aliphatic carbocycles. The first-order valence-electron chi connectivity index (χ1n) is 12.2. The van der Waals surface area contributed by atoms with Crippen molar-refractivity contribution in [3.63, 3.8) is 0 Å². The molecule has 1 saturated heterocycles. The average molecular weight is 499 g/mol. The normalized spacial score (nSPS) is 31.3. The Labute approximate surface area is 200 Å². The maximum absolute atomic E-state index is 13.2. The van der Waals surface area contributed by atoms with Gasteiger partial charge in [0.25, 0.3) is 0 Å². The Morgan fingerprint density at radius 2 is 2.06 bits per heavy atom. The van der Waals surface area contributed by atoms with Gasteiger partial charge in [-0.3, -0.25) is 0 Å². The smallest absolute Gasteiger partial charge is 0.410 e. The fraction of sp³-hybridized carbons (Fsp3) is 0.783. The SMILES string of the molecule is CCS(=O)(=O)NC1CCCN(C(=O)OC(C)C)[C@H]1COC1CCC2(c3ncc(F)cn3)CC2C1. The highest BCUT2D eigenvalue weighted by Crippen LogP contribution is 2.61. The zero-order valence-corrected chi connectivity index (χ0v) is 20.9. The van der Waals surface area contributed by atoms with Crippen LogP contribution in [0.5, 0.6) is 0 Å². The maximum atomic E-state index is 13.2. The summed E-state index contributed by atoms with van der Waals surface area (Å²) < 4.78 is 52.3. The molecule has 0 bridgehead atoms. The van der Waals surface area contributed by atoms with Gasteiger partial charge in [0.2, 0.25) is 10.0 Å². The summed E-state index contributed by atoms with van der Waals surface area (Å²) in [5.74, 6) is 0.641. The van der Waals surface area contributed by atoms with Crippen LogP contribution < -0.4 is 4.72 Å². The second kappa shape index (κ2) is 10.0. The summed E-state index contributed by atoms with van der Waals surface area (Å²) in [6, 6.07) is -0.859. The number of sulfonamides is 1. The highest BCUT2D eigenvalue weighted by atomic mass is 32.2. The molecule has 2 saturated carbocycles. The van der Waals surface area contributed by atoms with Crippen molar-refractivity contribution in [3.05, 3.63) is 24.0 Å². The molecule has 1 amide bonds. The highest BCUT2D eigenvalue weighted by molar-refractivity contribution is 7.89. The molecule has 4 unspecified atom stereocenters. The van der Waals surface area contributed by atoms with Crippen molar-refractivity contribution in [3.8, 4) is 0 Å². The Hall–Kier alpha value is -1.85. The average Bonchev–Trinajstić information content (AvgIpc) is 3.52. The number of halogens is 1. The number of hydrogen-bond acceptors (Lipinski definition) is 7. The van der Waals surface area contributed by atoms with E-state index in [-0.39, 0.29) is 30.0 Å². The number of nitrogens with one attached hydrogen (secondary N) is 1. The third-order valence-electron chi connectivity index (χ3n) is 7.32. The molecule has 9 nitrogen and oxygen atoms in total. The van der Waals surface area contributed by atoms with Crippen LogP contribution in [-0.4, -0.2) is 72.6 Å². The number of rotatable bonds is 8. The Morgan fingerprint density at radius 3 is 2.71 bits per heavy atom. The molecular weight excluding hydrogens is 463 g/mol. The summed E-state index contributed by atoms with van der Waals surface area (Å²) in [4.78, 5) is 22.8. The monoisotopic (exact) mass is 498 g/mol. The standard InChI is InChI=1S/C23H35FN4O5S/c1-4-34(30,31)27-19-6-5-9-28(22(29)33-15(2)3)20(19)14-32-18-7-8-23(11-16(23)10-18)21-25-12-17(24)13-26-21/h12-13,15-16,18-20,27H,4-11,14H2,1-3H3/t16?,18?,19?,20-,23?/m0/s1. The Morgan fingerprint density at radius 1 is 1.32 bits per heavy atom. The molecular formula is C23H35FN4O5S. The van der Waals surface area contributed by atoms with Crippen LogP contribution in [0.2, 0.25) is 0 Å². The number of fused-ring (bicyclic) bond motifs is 1. The van der Waals surface area contributed by atoms with E-state index in [4.69, 9.17) is 9.47 Å². The van der Waals surface area contributed by atoms with Gasteiger partial charge in [-0.1, -0.05) is 0 Å². The van der Waals surface area contributed by atoms with E-state index in [1.165, 1.54) is 12.4 Å². The quantitative estimate of drug-likeness (QED) is 0.587. The van der Waals surface area contributed by atoms with Gasteiger partial charge in [0, 0.05) is 18.0 Å². The lowest BCUT2D eigenvalue weighted by Crippen LogP contribution is -2.59. The fourth-order valence-electron chi connectivity index (χ4n) is 5.40. The Bertz CT molecular complexity index is 976. The maximum Gasteiger partial charge on any atom is 0.410 e. The molecule has 1 N–H and O–H groups in total. The predicted octanol–water partition coefficient (Wildman–Crippen LogP) is 2.76. The van der Waals surface area contributed by atoms with Gasteiger partial charge in [-0.15, -0.1) is 0 Å². The molecule has 34 heavy (non-hydrogen) atoms. The number of amides is 1. The zero-order chi connectivity index (χ0) is 24.5. The summed E-state index contributed by atoms with van der Waals surface area (Å²) in [5.41, 5.74) is -0.0786. The van der Waals surface area contributed by atoms with E-state index >= 15 is 0 Å². The van der Waals surface area contributed by atoms with Crippen molar-refractivity contribution >= 4 is 16.1 Å². The minimum atomic E-state index is -3.44. The number of hydrogen-bond donors (Lipinski definition) is 1. The number of carbonyl (C=O) groups is 1. The summed E-state index contributed by atoms with van der Waals surface area (Å²) in [6.07, 6.45) is 6.55. The van der Waals surface area contributed by atoms with Gasteiger partial charge in [-0.2, -0.15) is 0 Å². The molecule has 1 aromatic heterocycles. The molecule has 3 fully saturated rings. The molecule has 2 heterocycles. The van der Waals surface area contributed by atoms with Crippen molar-refractivity contribution in [1.82, 2.24) is 19.6 Å². The second-order valence-electron chi connectivity index (χ2n) is 9.98. The highest BCUT2D eigenvalue weighted by Gasteiger charge is 2.60. The van der Waals surface area contributed by atoms with Crippen LogP contribution in [0.15, 0.2) is 12.4 Å². The van der Waals surface area contributed by atoms with Gasteiger partial charge >= 0.3 is 6.09 Å². The van der Waals surface area contributed by atoms with Gasteiger partial charge in [0.15, 0.2) is 5.82 Å². The van der Waals surface area contributed by atoms with E-state index in [0.717, 1.165) is 25.7 Å². The molecule has 0 aromatic carbocycles. The number of carbonyl (C=O) groups excluding carboxylic acids is 1. The molecule has 190 valence electrons. The summed E-state index contributed by atoms with van der Waals surface area (Å²) in [7, 11) is -3.44. The van der Waals surface area contributed by atoms with Crippen molar-refractivity contribution in [2.75, 3.05) is 18.9 Å². The summed E-state index contributed by atoms with van der Waals surface area (Å²) >= 11 is 0. The van der Waals surface area contributed by atoms with E-state index in [1.54, 1.807) is 25.7 Å².